The molecule has 0 spiro atoms. The van der Waals surface area contributed by atoms with Gasteiger partial charge < -0.3 is 4.42 Å². The van der Waals surface area contributed by atoms with Crippen molar-refractivity contribution in [3.05, 3.63) is 47.2 Å². The first kappa shape index (κ1) is 16.9. The molecule has 4 rings (SSSR count). The Morgan fingerprint density at radius 1 is 0.800 bits per heavy atom. The molecular weight excluding hydrogens is 306 g/mol. The minimum atomic E-state index is 0.587. The zero-order chi connectivity index (χ0) is 17.2. The van der Waals surface area contributed by atoms with E-state index in [0.29, 0.717) is 11.8 Å². The molecule has 2 aromatic rings. The molecule has 1 aromatic heterocycles. The molecule has 2 nitrogen and oxygen atoms in total. The quantitative estimate of drug-likeness (QED) is 0.603. The van der Waals surface area contributed by atoms with Gasteiger partial charge in [0.2, 0.25) is 11.4 Å². The van der Waals surface area contributed by atoms with E-state index >= 15 is 0 Å². The van der Waals surface area contributed by atoms with Crippen molar-refractivity contribution in [1.82, 2.24) is 0 Å². The third-order valence-corrected chi connectivity index (χ3v) is 6.41. The number of oxazole rings is 1. The van der Waals surface area contributed by atoms with Gasteiger partial charge in [0.05, 0.1) is 5.92 Å². The molecule has 0 radical (unpaired) electrons. The van der Waals surface area contributed by atoms with Gasteiger partial charge in [-0.25, -0.2) is 0 Å². The Kier molecular flexibility index (Phi) is 4.96. The predicted molar refractivity (Wildman–Crippen MR) is 101 cm³/mol. The summed E-state index contributed by atoms with van der Waals surface area (Å²) in [6.07, 6.45) is 13.3. The summed E-state index contributed by atoms with van der Waals surface area (Å²) in [5, 5.41) is 0. The Labute approximate surface area is 152 Å². The maximum absolute atomic E-state index is 6.70. The van der Waals surface area contributed by atoms with Crippen LogP contribution in [0.3, 0.4) is 0 Å². The predicted octanol–water partition coefficient (Wildman–Crippen LogP) is 6.27. The molecule has 2 saturated carbocycles. The van der Waals surface area contributed by atoms with E-state index in [0.717, 1.165) is 0 Å². The molecular formula is C23H32NO+. The smallest absolute Gasteiger partial charge is 0.356 e. The molecule has 0 saturated heterocycles. The van der Waals surface area contributed by atoms with Gasteiger partial charge in [-0.2, -0.15) is 0 Å². The van der Waals surface area contributed by atoms with Crippen LogP contribution in [0, 0.1) is 13.8 Å². The zero-order valence-corrected chi connectivity index (χ0v) is 15.9. The third kappa shape index (κ3) is 3.28. The van der Waals surface area contributed by atoms with Crippen molar-refractivity contribution < 1.29 is 8.98 Å². The first-order valence-electron chi connectivity index (χ1n) is 10.4. The highest BCUT2D eigenvalue weighted by atomic mass is 16.4. The Morgan fingerprint density at radius 2 is 1.40 bits per heavy atom. The lowest BCUT2D eigenvalue weighted by atomic mass is 9.87. The lowest BCUT2D eigenvalue weighted by Crippen LogP contribution is -2.38. The highest BCUT2D eigenvalue weighted by Gasteiger charge is 2.37. The standard InChI is InChI=1S/C23H32NO/c1-17-11-9-10-16-21(17)24-18(2)22(19-12-5-3-6-13-19)25-23(24)20-14-7-4-8-15-20/h9-11,16,19-20H,3-8,12-15H2,1-2H3/q+1. The van der Waals surface area contributed by atoms with E-state index < -0.39 is 0 Å². The molecule has 0 aliphatic heterocycles. The second kappa shape index (κ2) is 7.35. The average Bonchev–Trinajstić information content (AvgIpc) is 3.01. The van der Waals surface area contributed by atoms with E-state index in [4.69, 9.17) is 4.42 Å². The average molecular weight is 339 g/mol. The second-order valence-electron chi connectivity index (χ2n) is 8.18. The molecule has 0 N–H and O–H groups in total. The topological polar surface area (TPSA) is 17.0 Å². The molecule has 1 heterocycles. The summed E-state index contributed by atoms with van der Waals surface area (Å²) in [5.74, 6) is 3.72. The zero-order valence-electron chi connectivity index (χ0n) is 15.9. The van der Waals surface area contributed by atoms with Gasteiger partial charge in [0.25, 0.3) is 0 Å². The summed E-state index contributed by atoms with van der Waals surface area (Å²) in [5.41, 5.74) is 4.00. The number of nitrogens with zero attached hydrogens (tertiary/aromatic N) is 1. The van der Waals surface area contributed by atoms with Gasteiger partial charge in [0, 0.05) is 24.5 Å². The molecule has 0 atom stereocenters. The van der Waals surface area contributed by atoms with Crippen LogP contribution in [0.4, 0.5) is 0 Å². The van der Waals surface area contributed by atoms with Crippen molar-refractivity contribution >= 4 is 0 Å². The number of aromatic nitrogens is 1. The van der Waals surface area contributed by atoms with Crippen molar-refractivity contribution in [3.8, 4) is 5.69 Å². The molecule has 25 heavy (non-hydrogen) atoms. The molecule has 2 aliphatic carbocycles. The molecule has 0 bridgehead atoms. The highest BCUT2D eigenvalue weighted by Crippen LogP contribution is 2.38. The van der Waals surface area contributed by atoms with Crippen molar-refractivity contribution in [1.29, 1.82) is 0 Å². The fraction of sp³-hybridized carbons (Fsp3) is 0.609. The van der Waals surface area contributed by atoms with Gasteiger partial charge in [0.1, 0.15) is 0 Å². The van der Waals surface area contributed by atoms with Crippen LogP contribution >= 0.6 is 0 Å². The molecule has 2 fully saturated rings. The van der Waals surface area contributed by atoms with Gasteiger partial charge in [0.15, 0.2) is 5.76 Å². The Hall–Kier alpha value is -1.57. The molecule has 2 aliphatic rings. The van der Waals surface area contributed by atoms with Crippen molar-refractivity contribution in [3.63, 3.8) is 0 Å². The van der Waals surface area contributed by atoms with Crippen LogP contribution in [0.2, 0.25) is 0 Å². The lowest BCUT2D eigenvalue weighted by molar-refractivity contribution is -0.617. The minimum absolute atomic E-state index is 0.587. The number of rotatable bonds is 3. The number of aryl methyl sites for hydroxylation is 1. The van der Waals surface area contributed by atoms with Crippen LogP contribution in [-0.4, -0.2) is 0 Å². The number of para-hydroxylation sites is 1. The Morgan fingerprint density at radius 3 is 2.04 bits per heavy atom. The van der Waals surface area contributed by atoms with E-state index in [9.17, 15) is 0 Å². The van der Waals surface area contributed by atoms with E-state index in [2.05, 4.69) is 42.7 Å². The first-order chi connectivity index (χ1) is 12.3. The van der Waals surface area contributed by atoms with Crippen LogP contribution in [0.5, 0.6) is 0 Å². The van der Waals surface area contributed by atoms with Crippen molar-refractivity contribution in [2.24, 2.45) is 0 Å². The Bertz CT molecular complexity index is 718. The Balaban J connectivity index is 1.81. The number of benzene rings is 1. The van der Waals surface area contributed by atoms with Gasteiger partial charge in [-0.15, -0.1) is 4.57 Å². The summed E-state index contributed by atoms with van der Waals surface area (Å²) < 4.78 is 9.16. The molecule has 134 valence electrons. The second-order valence-corrected chi connectivity index (χ2v) is 8.18. The maximum Gasteiger partial charge on any atom is 0.356 e. The van der Waals surface area contributed by atoms with Crippen LogP contribution in [0.25, 0.3) is 5.69 Å². The van der Waals surface area contributed by atoms with E-state index in [1.165, 1.54) is 92.8 Å². The van der Waals surface area contributed by atoms with Gasteiger partial charge in [-0.05, 0) is 32.6 Å². The summed E-state index contributed by atoms with van der Waals surface area (Å²) in [7, 11) is 0. The number of hydrogen-bond donors (Lipinski definition) is 0. The SMILES string of the molecule is Cc1ccccc1-[n+]1c(C2CCCCC2)oc(C2CCCCC2)c1C. The van der Waals surface area contributed by atoms with E-state index in [1.54, 1.807) is 0 Å². The third-order valence-electron chi connectivity index (χ3n) is 6.41. The summed E-state index contributed by atoms with van der Waals surface area (Å²) >= 11 is 0. The summed E-state index contributed by atoms with van der Waals surface area (Å²) in [6, 6.07) is 8.78. The van der Waals surface area contributed by atoms with E-state index in [1.807, 2.05) is 0 Å². The van der Waals surface area contributed by atoms with Crippen molar-refractivity contribution in [2.75, 3.05) is 0 Å². The van der Waals surface area contributed by atoms with Crippen LogP contribution in [0.1, 0.15) is 99.0 Å². The highest BCUT2D eigenvalue weighted by molar-refractivity contribution is 5.33. The molecule has 1 aromatic carbocycles. The lowest BCUT2D eigenvalue weighted by Gasteiger charge is -2.18. The van der Waals surface area contributed by atoms with E-state index in [-0.39, 0.29) is 0 Å². The monoisotopic (exact) mass is 338 g/mol. The normalized spacial score (nSPS) is 20.1. The number of hydrogen-bond acceptors (Lipinski definition) is 1. The largest absolute Gasteiger partial charge is 0.405 e. The van der Waals surface area contributed by atoms with Gasteiger partial charge in [-0.3, -0.25) is 0 Å². The molecule has 0 amide bonds. The van der Waals surface area contributed by atoms with Gasteiger partial charge >= 0.3 is 5.89 Å². The fourth-order valence-corrected chi connectivity index (χ4v) is 4.98. The van der Waals surface area contributed by atoms with Crippen molar-refractivity contribution in [2.45, 2.75) is 89.9 Å². The summed E-state index contributed by atoms with van der Waals surface area (Å²) in [4.78, 5) is 0. The first-order valence-corrected chi connectivity index (χ1v) is 10.4. The summed E-state index contributed by atoms with van der Waals surface area (Å²) in [6.45, 7) is 4.51. The molecule has 2 heteroatoms. The van der Waals surface area contributed by atoms with Crippen LogP contribution in [-0.2, 0) is 0 Å². The molecule has 0 unspecified atom stereocenters. The minimum Gasteiger partial charge on any atom is -0.405 e. The van der Waals surface area contributed by atoms with Crippen LogP contribution < -0.4 is 4.57 Å². The fourth-order valence-electron chi connectivity index (χ4n) is 4.98. The van der Waals surface area contributed by atoms with Crippen LogP contribution in [0.15, 0.2) is 28.7 Å². The maximum atomic E-state index is 6.70. The van der Waals surface area contributed by atoms with Gasteiger partial charge in [-0.1, -0.05) is 56.7 Å².